The molecule has 1 fully saturated rings. The largest absolute Gasteiger partial charge is 0.326 e. The molecule has 4 nitrogen and oxygen atoms in total. The topological polar surface area (TPSA) is 44.4 Å². The lowest BCUT2D eigenvalue weighted by Crippen LogP contribution is -2.47. The van der Waals surface area contributed by atoms with Gasteiger partial charge < -0.3 is 15.5 Å². The Bertz CT molecular complexity index is 482. The van der Waals surface area contributed by atoms with Crippen molar-refractivity contribution in [2.45, 2.75) is 12.8 Å². The van der Waals surface area contributed by atoms with Crippen molar-refractivity contribution in [2.75, 3.05) is 38.5 Å². The highest BCUT2D eigenvalue weighted by Crippen LogP contribution is 2.24. The smallest absolute Gasteiger partial charge is 0.228 e. The average Bonchev–Trinajstić information content (AvgIpc) is 2.70. The van der Waals surface area contributed by atoms with Crippen molar-refractivity contribution >= 4 is 11.6 Å². The summed E-state index contributed by atoms with van der Waals surface area (Å²) in [5.41, 5.74) is 3.46. The highest BCUT2D eigenvalue weighted by molar-refractivity contribution is 5.99. The maximum Gasteiger partial charge on any atom is 0.228 e. The van der Waals surface area contributed by atoms with Gasteiger partial charge in [-0.2, -0.15) is 0 Å². The molecule has 19 heavy (non-hydrogen) atoms. The van der Waals surface area contributed by atoms with E-state index in [0.29, 0.717) is 6.42 Å². The number of fused-ring (bicyclic) bond motifs is 1. The van der Waals surface area contributed by atoms with Crippen molar-refractivity contribution in [1.82, 2.24) is 10.2 Å². The van der Waals surface area contributed by atoms with Gasteiger partial charge in [-0.05, 0) is 36.6 Å². The van der Waals surface area contributed by atoms with Gasteiger partial charge in [-0.1, -0.05) is 12.1 Å². The molecule has 2 N–H and O–H groups in total. The van der Waals surface area contributed by atoms with Crippen LogP contribution in [0, 0.1) is 5.92 Å². The Balaban J connectivity index is 1.52. The van der Waals surface area contributed by atoms with Gasteiger partial charge in [0.15, 0.2) is 0 Å². The third-order valence-corrected chi connectivity index (χ3v) is 4.01. The Kier molecular flexibility index (Phi) is 3.53. The summed E-state index contributed by atoms with van der Waals surface area (Å²) in [4.78, 5) is 13.7. The molecule has 0 bridgehead atoms. The fourth-order valence-corrected chi connectivity index (χ4v) is 2.77. The van der Waals surface area contributed by atoms with Crippen LogP contribution in [0.5, 0.6) is 0 Å². The quantitative estimate of drug-likeness (QED) is 0.825. The maximum absolute atomic E-state index is 11.3. The SMILES string of the molecule is CN(CCc1ccc2c(c1)CC(=O)N2)CC1CNC1. The van der Waals surface area contributed by atoms with E-state index >= 15 is 0 Å². The Morgan fingerprint density at radius 3 is 2.95 bits per heavy atom. The van der Waals surface area contributed by atoms with E-state index < -0.39 is 0 Å². The summed E-state index contributed by atoms with van der Waals surface area (Å²) in [7, 11) is 2.19. The summed E-state index contributed by atoms with van der Waals surface area (Å²) in [5, 5.41) is 6.18. The molecule has 1 saturated heterocycles. The molecule has 0 atom stereocenters. The van der Waals surface area contributed by atoms with Gasteiger partial charge in [0.1, 0.15) is 0 Å². The Hall–Kier alpha value is -1.39. The molecular formula is C15H21N3O. The molecule has 1 aromatic rings. The maximum atomic E-state index is 11.3. The summed E-state index contributed by atoms with van der Waals surface area (Å²) >= 11 is 0. The number of carbonyl (C=O) groups is 1. The Morgan fingerprint density at radius 2 is 2.21 bits per heavy atom. The summed E-state index contributed by atoms with van der Waals surface area (Å²) in [6.45, 7) is 4.59. The second kappa shape index (κ2) is 5.31. The van der Waals surface area contributed by atoms with Crippen LogP contribution >= 0.6 is 0 Å². The number of nitrogens with one attached hydrogen (secondary N) is 2. The van der Waals surface area contributed by atoms with Crippen molar-refractivity contribution in [1.29, 1.82) is 0 Å². The first-order valence-corrected chi connectivity index (χ1v) is 7.01. The first-order valence-electron chi connectivity index (χ1n) is 7.01. The van der Waals surface area contributed by atoms with Crippen molar-refractivity contribution in [2.24, 2.45) is 5.92 Å². The third-order valence-electron chi connectivity index (χ3n) is 4.01. The first-order chi connectivity index (χ1) is 9.20. The van der Waals surface area contributed by atoms with Gasteiger partial charge in [0.2, 0.25) is 5.91 Å². The summed E-state index contributed by atoms with van der Waals surface area (Å²) in [5.74, 6) is 0.939. The number of benzene rings is 1. The highest BCUT2D eigenvalue weighted by atomic mass is 16.1. The zero-order valence-electron chi connectivity index (χ0n) is 11.4. The van der Waals surface area contributed by atoms with Crippen LogP contribution in [0.2, 0.25) is 0 Å². The monoisotopic (exact) mass is 259 g/mol. The molecule has 0 aromatic heterocycles. The van der Waals surface area contributed by atoms with E-state index in [1.807, 2.05) is 6.07 Å². The van der Waals surface area contributed by atoms with Gasteiger partial charge in [0.05, 0.1) is 6.42 Å². The summed E-state index contributed by atoms with van der Waals surface area (Å²) < 4.78 is 0. The summed E-state index contributed by atoms with van der Waals surface area (Å²) in [6, 6.07) is 6.33. The molecule has 0 spiro atoms. The second-order valence-corrected chi connectivity index (χ2v) is 5.75. The van der Waals surface area contributed by atoms with Gasteiger partial charge >= 0.3 is 0 Å². The average molecular weight is 259 g/mol. The number of amides is 1. The van der Waals surface area contributed by atoms with Crippen LogP contribution in [0.25, 0.3) is 0 Å². The highest BCUT2D eigenvalue weighted by Gasteiger charge is 2.19. The second-order valence-electron chi connectivity index (χ2n) is 5.75. The van der Waals surface area contributed by atoms with Crippen LogP contribution in [-0.2, 0) is 17.6 Å². The fourth-order valence-electron chi connectivity index (χ4n) is 2.77. The van der Waals surface area contributed by atoms with Gasteiger partial charge in [-0.15, -0.1) is 0 Å². The van der Waals surface area contributed by atoms with E-state index in [1.54, 1.807) is 0 Å². The predicted octanol–water partition coefficient (Wildman–Crippen LogP) is 0.875. The van der Waals surface area contributed by atoms with Crippen LogP contribution in [-0.4, -0.2) is 44.0 Å². The van der Waals surface area contributed by atoms with Crippen LogP contribution < -0.4 is 10.6 Å². The number of carbonyl (C=O) groups excluding carboxylic acids is 1. The van der Waals surface area contributed by atoms with Gasteiger partial charge in [0, 0.05) is 31.9 Å². The minimum atomic E-state index is 0.113. The number of likely N-dealkylation sites (N-methyl/N-ethyl adjacent to an activating group) is 1. The molecule has 4 heteroatoms. The van der Waals surface area contributed by atoms with Gasteiger partial charge in [0.25, 0.3) is 0 Å². The van der Waals surface area contributed by atoms with E-state index in [9.17, 15) is 4.79 Å². The van der Waals surface area contributed by atoms with E-state index in [-0.39, 0.29) is 5.91 Å². The minimum absolute atomic E-state index is 0.113. The molecule has 3 rings (SSSR count). The minimum Gasteiger partial charge on any atom is -0.326 e. The first kappa shape index (κ1) is 12.6. The molecule has 0 saturated carbocycles. The normalized spacial score (nSPS) is 18.3. The van der Waals surface area contributed by atoms with Crippen LogP contribution in [0.15, 0.2) is 18.2 Å². The van der Waals surface area contributed by atoms with E-state index in [4.69, 9.17) is 0 Å². The van der Waals surface area contributed by atoms with Gasteiger partial charge in [-0.3, -0.25) is 4.79 Å². The number of anilines is 1. The standard InChI is InChI=1S/C15H21N3O/c1-18(10-12-8-16-9-12)5-4-11-2-3-14-13(6-11)7-15(19)17-14/h2-3,6,12,16H,4-5,7-10H2,1H3,(H,17,19). The lowest BCUT2D eigenvalue weighted by atomic mass is 10.0. The molecule has 2 aliphatic rings. The van der Waals surface area contributed by atoms with Gasteiger partial charge in [-0.25, -0.2) is 0 Å². The number of nitrogens with zero attached hydrogens (tertiary/aromatic N) is 1. The molecule has 2 aliphatic heterocycles. The third kappa shape index (κ3) is 2.96. The lowest BCUT2D eigenvalue weighted by molar-refractivity contribution is -0.115. The number of hydrogen-bond acceptors (Lipinski definition) is 3. The van der Waals surface area contributed by atoms with Crippen LogP contribution in [0.4, 0.5) is 5.69 Å². The molecular weight excluding hydrogens is 238 g/mol. The molecule has 0 unspecified atom stereocenters. The van der Waals surface area contributed by atoms with E-state index in [1.165, 1.54) is 12.1 Å². The van der Waals surface area contributed by atoms with Crippen LogP contribution in [0.1, 0.15) is 11.1 Å². The van der Waals surface area contributed by atoms with Crippen molar-refractivity contribution in [3.63, 3.8) is 0 Å². The van der Waals surface area contributed by atoms with Crippen molar-refractivity contribution in [3.05, 3.63) is 29.3 Å². The fraction of sp³-hybridized carbons (Fsp3) is 0.533. The Labute approximate surface area is 114 Å². The van der Waals surface area contributed by atoms with Crippen LogP contribution in [0.3, 0.4) is 0 Å². The summed E-state index contributed by atoms with van der Waals surface area (Å²) in [6.07, 6.45) is 1.59. The predicted molar refractivity (Wildman–Crippen MR) is 76.3 cm³/mol. The lowest BCUT2D eigenvalue weighted by Gasteiger charge is -2.31. The zero-order chi connectivity index (χ0) is 13.2. The van der Waals surface area contributed by atoms with E-state index in [0.717, 1.165) is 43.2 Å². The molecule has 0 aliphatic carbocycles. The molecule has 2 heterocycles. The number of hydrogen-bond donors (Lipinski definition) is 2. The molecule has 1 aromatic carbocycles. The Morgan fingerprint density at radius 1 is 1.37 bits per heavy atom. The van der Waals surface area contributed by atoms with E-state index in [2.05, 4.69) is 34.7 Å². The zero-order valence-corrected chi connectivity index (χ0v) is 11.4. The molecule has 102 valence electrons. The molecule has 1 amide bonds. The van der Waals surface area contributed by atoms with Crippen molar-refractivity contribution < 1.29 is 4.79 Å². The molecule has 0 radical (unpaired) electrons. The number of rotatable bonds is 5. The van der Waals surface area contributed by atoms with Crippen molar-refractivity contribution in [3.8, 4) is 0 Å².